The number of rotatable bonds is 10. The second-order valence-electron chi connectivity index (χ2n) is 9.26. The molecule has 1 fully saturated rings. The highest BCUT2D eigenvalue weighted by atomic mass is 19.4. The van der Waals surface area contributed by atoms with E-state index in [-0.39, 0.29) is 17.4 Å². The highest BCUT2D eigenvalue weighted by molar-refractivity contribution is 5.77. The van der Waals surface area contributed by atoms with Gasteiger partial charge in [0.25, 0.3) is 0 Å². The maximum atomic E-state index is 13.1. The number of nitrogens with zero attached hydrogens (tertiary/aromatic N) is 2. The molecule has 2 N–H and O–H groups in total. The van der Waals surface area contributed by atoms with Crippen molar-refractivity contribution in [2.75, 3.05) is 38.7 Å². The average molecular weight is 508 g/mol. The molecule has 0 amide bonds. The van der Waals surface area contributed by atoms with Gasteiger partial charge in [-0.1, -0.05) is 6.07 Å². The summed E-state index contributed by atoms with van der Waals surface area (Å²) in [5, 5.41) is 13.2. The number of fused-ring (bicyclic) bond motifs is 1. The van der Waals surface area contributed by atoms with E-state index in [4.69, 9.17) is 14.5 Å². The molecule has 3 heterocycles. The normalized spacial score (nSPS) is 18.9. The van der Waals surface area contributed by atoms with Gasteiger partial charge in [0.2, 0.25) is 0 Å². The van der Waals surface area contributed by atoms with E-state index in [2.05, 4.69) is 17.4 Å². The number of carboxylic acid groups (broad SMARTS) is 1. The van der Waals surface area contributed by atoms with Crippen molar-refractivity contribution in [2.24, 2.45) is 0 Å². The van der Waals surface area contributed by atoms with Crippen LogP contribution in [0.2, 0.25) is 0 Å². The number of halogens is 3. The lowest BCUT2D eigenvalue weighted by Gasteiger charge is -2.26. The van der Waals surface area contributed by atoms with Crippen LogP contribution in [0.3, 0.4) is 0 Å². The van der Waals surface area contributed by atoms with Gasteiger partial charge in [0, 0.05) is 37.5 Å². The first-order chi connectivity index (χ1) is 17.3. The predicted octanol–water partition coefficient (Wildman–Crippen LogP) is 4.71. The molecule has 1 saturated heterocycles. The Balaban J connectivity index is 1.27. The number of methoxy groups -OCH3 is 1. The SMILES string of the molecule is COc1cc(C(F)(F)F)ccc1C(C(=O)O)N1CC[C@@H](OCCCCc2ccc3c(n2)CCCN3)C1. The van der Waals surface area contributed by atoms with Gasteiger partial charge in [0.15, 0.2) is 0 Å². The lowest BCUT2D eigenvalue weighted by Crippen LogP contribution is -2.33. The summed E-state index contributed by atoms with van der Waals surface area (Å²) < 4.78 is 50.4. The fourth-order valence-electron chi connectivity index (χ4n) is 4.90. The maximum Gasteiger partial charge on any atom is 0.416 e. The van der Waals surface area contributed by atoms with Gasteiger partial charge in [-0.25, -0.2) is 0 Å². The van der Waals surface area contributed by atoms with E-state index < -0.39 is 23.8 Å². The molecule has 1 aromatic carbocycles. The topological polar surface area (TPSA) is 83.9 Å². The molecule has 1 unspecified atom stereocenters. The van der Waals surface area contributed by atoms with E-state index in [0.717, 1.165) is 67.9 Å². The molecular weight excluding hydrogens is 475 g/mol. The summed E-state index contributed by atoms with van der Waals surface area (Å²) >= 11 is 0. The fraction of sp³-hybridized carbons (Fsp3) is 0.538. The zero-order chi connectivity index (χ0) is 25.7. The number of unbranched alkanes of at least 4 members (excludes halogenated alkanes) is 1. The van der Waals surface area contributed by atoms with E-state index in [9.17, 15) is 23.1 Å². The highest BCUT2D eigenvalue weighted by Crippen LogP contribution is 2.37. The lowest BCUT2D eigenvalue weighted by molar-refractivity contribution is -0.143. The van der Waals surface area contributed by atoms with Gasteiger partial charge in [0.1, 0.15) is 11.8 Å². The van der Waals surface area contributed by atoms with Crippen molar-refractivity contribution in [1.29, 1.82) is 0 Å². The second kappa shape index (κ2) is 11.5. The number of ether oxygens (including phenoxy) is 2. The number of benzene rings is 1. The number of anilines is 1. The van der Waals surface area contributed by atoms with E-state index in [0.29, 0.717) is 26.1 Å². The molecule has 2 aliphatic rings. The van der Waals surface area contributed by atoms with Crippen LogP contribution < -0.4 is 10.1 Å². The first kappa shape index (κ1) is 26.2. The van der Waals surface area contributed by atoms with Crippen LogP contribution in [0.25, 0.3) is 0 Å². The standard InChI is InChI=1S/C26H32F3N3O4/c1-35-23-15-17(26(27,28)29)7-9-20(23)24(25(33)34)32-13-11-19(16-32)36-14-3-2-5-18-8-10-21-22(31-18)6-4-12-30-21/h7-10,15,19,24,30H,2-6,11-14,16H2,1H3,(H,33,34)/t19-,24?/m1/s1. The third-order valence-electron chi connectivity index (χ3n) is 6.75. The number of alkyl halides is 3. The van der Waals surface area contributed by atoms with Crippen LogP contribution in [-0.2, 0) is 28.5 Å². The number of pyridine rings is 1. The lowest BCUT2D eigenvalue weighted by atomic mass is 10.0. The Morgan fingerprint density at radius 2 is 2.11 bits per heavy atom. The summed E-state index contributed by atoms with van der Waals surface area (Å²) in [6, 6.07) is 5.99. The molecular formula is C26H32F3N3O4. The first-order valence-corrected chi connectivity index (χ1v) is 12.3. The molecule has 0 radical (unpaired) electrons. The number of carbonyl (C=O) groups is 1. The summed E-state index contributed by atoms with van der Waals surface area (Å²) in [6.45, 7) is 2.42. The molecule has 4 rings (SSSR count). The minimum atomic E-state index is -4.54. The molecule has 196 valence electrons. The summed E-state index contributed by atoms with van der Waals surface area (Å²) in [6.07, 6.45) is 0.787. The zero-order valence-corrected chi connectivity index (χ0v) is 20.3. The maximum absolute atomic E-state index is 13.1. The summed E-state index contributed by atoms with van der Waals surface area (Å²) in [7, 11) is 1.24. The van der Waals surface area contributed by atoms with Crippen LogP contribution in [0, 0.1) is 0 Å². The summed E-state index contributed by atoms with van der Waals surface area (Å²) in [5.41, 5.74) is 2.68. The van der Waals surface area contributed by atoms with Crippen LogP contribution >= 0.6 is 0 Å². The van der Waals surface area contributed by atoms with Crippen molar-refractivity contribution in [2.45, 2.75) is 56.8 Å². The van der Waals surface area contributed by atoms with Crippen LogP contribution in [0.1, 0.15) is 54.2 Å². The molecule has 0 saturated carbocycles. The van der Waals surface area contributed by atoms with Crippen molar-refractivity contribution >= 4 is 11.7 Å². The highest BCUT2D eigenvalue weighted by Gasteiger charge is 2.37. The number of likely N-dealkylation sites (tertiary alicyclic amines) is 1. The van der Waals surface area contributed by atoms with Gasteiger partial charge in [-0.05, 0) is 62.8 Å². The number of aryl methyl sites for hydroxylation is 2. The Bertz CT molecular complexity index is 1060. The number of aliphatic carboxylic acids is 1. The van der Waals surface area contributed by atoms with Gasteiger partial charge < -0.3 is 19.9 Å². The van der Waals surface area contributed by atoms with Crippen LogP contribution in [-0.4, -0.2) is 60.4 Å². The minimum Gasteiger partial charge on any atom is -0.496 e. The van der Waals surface area contributed by atoms with E-state index in [1.54, 1.807) is 4.90 Å². The monoisotopic (exact) mass is 507 g/mol. The molecule has 7 nitrogen and oxygen atoms in total. The zero-order valence-electron chi connectivity index (χ0n) is 20.3. The molecule has 2 atom stereocenters. The van der Waals surface area contributed by atoms with E-state index in [1.165, 1.54) is 13.2 Å². The Hall–Kier alpha value is -2.85. The van der Waals surface area contributed by atoms with Crippen molar-refractivity contribution in [1.82, 2.24) is 9.88 Å². The average Bonchev–Trinajstić information content (AvgIpc) is 3.31. The molecule has 36 heavy (non-hydrogen) atoms. The van der Waals surface area contributed by atoms with Gasteiger partial charge in [-0.2, -0.15) is 13.2 Å². The predicted molar refractivity (Wildman–Crippen MR) is 128 cm³/mol. The Morgan fingerprint density at radius 3 is 2.86 bits per heavy atom. The van der Waals surface area contributed by atoms with E-state index >= 15 is 0 Å². The van der Waals surface area contributed by atoms with E-state index in [1.807, 2.05) is 0 Å². The van der Waals surface area contributed by atoms with Crippen molar-refractivity contribution in [3.05, 3.63) is 52.8 Å². The Labute approximate surface area is 208 Å². The number of nitrogens with one attached hydrogen (secondary N) is 1. The van der Waals surface area contributed by atoms with Gasteiger partial charge in [-0.15, -0.1) is 0 Å². The second-order valence-corrected chi connectivity index (χ2v) is 9.26. The molecule has 2 aromatic rings. The van der Waals surface area contributed by atoms with Gasteiger partial charge >= 0.3 is 12.1 Å². The third kappa shape index (κ3) is 6.28. The van der Waals surface area contributed by atoms with Crippen molar-refractivity contribution in [3.63, 3.8) is 0 Å². The van der Waals surface area contributed by atoms with Crippen LogP contribution in [0.4, 0.5) is 18.9 Å². The summed E-state index contributed by atoms with van der Waals surface area (Å²) in [4.78, 5) is 18.6. The molecule has 2 aliphatic heterocycles. The third-order valence-corrected chi connectivity index (χ3v) is 6.75. The van der Waals surface area contributed by atoms with Crippen LogP contribution in [0.15, 0.2) is 30.3 Å². The summed E-state index contributed by atoms with van der Waals surface area (Å²) in [5.74, 6) is -1.23. The van der Waals surface area contributed by atoms with Crippen molar-refractivity contribution in [3.8, 4) is 5.75 Å². The van der Waals surface area contributed by atoms with Gasteiger partial charge in [0.05, 0.1) is 30.2 Å². The smallest absolute Gasteiger partial charge is 0.416 e. The number of hydrogen-bond acceptors (Lipinski definition) is 6. The number of carboxylic acids is 1. The number of aromatic nitrogens is 1. The number of hydrogen-bond donors (Lipinski definition) is 2. The Kier molecular flexibility index (Phi) is 8.35. The minimum absolute atomic E-state index is 0.0897. The van der Waals surface area contributed by atoms with Crippen LogP contribution in [0.5, 0.6) is 5.75 Å². The Morgan fingerprint density at radius 1 is 1.28 bits per heavy atom. The molecule has 10 heteroatoms. The molecule has 0 aliphatic carbocycles. The quantitative estimate of drug-likeness (QED) is 0.451. The first-order valence-electron chi connectivity index (χ1n) is 12.3. The van der Waals surface area contributed by atoms with Crippen molar-refractivity contribution < 1.29 is 32.5 Å². The molecule has 0 spiro atoms. The fourth-order valence-corrected chi connectivity index (χ4v) is 4.90. The molecule has 1 aromatic heterocycles. The van der Waals surface area contributed by atoms with Gasteiger partial charge in [-0.3, -0.25) is 14.7 Å². The molecule has 0 bridgehead atoms. The largest absolute Gasteiger partial charge is 0.496 e.